The molecule has 32 heavy (non-hydrogen) atoms. The van der Waals surface area contributed by atoms with E-state index in [1.807, 2.05) is 24.5 Å². The van der Waals surface area contributed by atoms with Gasteiger partial charge in [-0.3, -0.25) is 0 Å². The van der Waals surface area contributed by atoms with Crippen LogP contribution < -0.4 is 4.74 Å². The van der Waals surface area contributed by atoms with Gasteiger partial charge in [0.25, 0.3) is 0 Å². The van der Waals surface area contributed by atoms with E-state index in [-0.39, 0.29) is 11.9 Å². The molecular weight excluding hydrogens is 400 g/mol. The third kappa shape index (κ3) is 6.52. The molecule has 0 radical (unpaired) electrons. The molecule has 5 nitrogen and oxygen atoms in total. The fourth-order valence-electron chi connectivity index (χ4n) is 4.68. The van der Waals surface area contributed by atoms with Gasteiger partial charge in [0.15, 0.2) is 5.79 Å². The summed E-state index contributed by atoms with van der Waals surface area (Å²) in [5.41, 5.74) is 2.14. The van der Waals surface area contributed by atoms with Crippen molar-refractivity contribution in [2.45, 2.75) is 95.9 Å². The van der Waals surface area contributed by atoms with E-state index in [1.165, 1.54) is 57.8 Å². The highest BCUT2D eigenvalue weighted by molar-refractivity contribution is 5.62. The van der Waals surface area contributed by atoms with Gasteiger partial charge in [-0.1, -0.05) is 57.6 Å². The lowest BCUT2D eigenvalue weighted by Gasteiger charge is -2.31. The van der Waals surface area contributed by atoms with Gasteiger partial charge in [0.2, 0.25) is 0 Å². The van der Waals surface area contributed by atoms with E-state index < -0.39 is 0 Å². The lowest BCUT2D eigenvalue weighted by molar-refractivity contribution is -0.189. The maximum atomic E-state index is 6.20. The minimum atomic E-state index is -0.336. The third-order valence-electron chi connectivity index (χ3n) is 6.61. The van der Waals surface area contributed by atoms with Crippen LogP contribution in [-0.4, -0.2) is 35.1 Å². The summed E-state index contributed by atoms with van der Waals surface area (Å²) in [5.74, 6) is 1.46. The molecule has 1 atom stereocenters. The normalized spacial score (nSPS) is 20.0. The molecule has 5 heteroatoms. The summed E-state index contributed by atoms with van der Waals surface area (Å²) < 4.78 is 18.2. The van der Waals surface area contributed by atoms with E-state index in [1.54, 1.807) is 0 Å². The molecule has 0 unspecified atom stereocenters. The van der Waals surface area contributed by atoms with Gasteiger partial charge in [-0.05, 0) is 37.0 Å². The number of rotatable bonds is 11. The largest absolute Gasteiger partial charge is 0.491 e. The van der Waals surface area contributed by atoms with E-state index in [9.17, 15) is 0 Å². The first-order chi connectivity index (χ1) is 15.8. The van der Waals surface area contributed by atoms with Crippen LogP contribution in [0.25, 0.3) is 11.1 Å². The summed E-state index contributed by atoms with van der Waals surface area (Å²) in [6.07, 6.45) is 18.3. The summed E-state index contributed by atoms with van der Waals surface area (Å²) in [4.78, 5) is 9.14. The second-order valence-electron chi connectivity index (χ2n) is 9.26. The molecule has 2 aromatic rings. The molecule has 1 saturated heterocycles. The van der Waals surface area contributed by atoms with Crippen LogP contribution in [0.1, 0.15) is 83.4 Å². The molecule has 174 valence electrons. The number of aromatic nitrogens is 2. The molecule has 2 fully saturated rings. The Hall–Kier alpha value is -1.98. The number of hydrogen-bond acceptors (Lipinski definition) is 5. The van der Waals surface area contributed by atoms with Gasteiger partial charge in [0, 0.05) is 37.2 Å². The summed E-state index contributed by atoms with van der Waals surface area (Å²) in [5, 5.41) is 0. The van der Waals surface area contributed by atoms with Crippen molar-refractivity contribution in [3.05, 3.63) is 42.5 Å². The van der Waals surface area contributed by atoms with E-state index in [0.29, 0.717) is 13.2 Å². The Morgan fingerprint density at radius 1 is 0.906 bits per heavy atom. The summed E-state index contributed by atoms with van der Waals surface area (Å²) in [7, 11) is 0. The minimum absolute atomic E-state index is 0.0142. The van der Waals surface area contributed by atoms with E-state index >= 15 is 0 Å². The van der Waals surface area contributed by atoms with Crippen LogP contribution in [0.15, 0.2) is 36.7 Å². The highest BCUT2D eigenvalue weighted by Crippen LogP contribution is 2.37. The number of hydrogen-bond donors (Lipinski definition) is 0. The average Bonchev–Trinajstić information content (AvgIpc) is 3.23. The van der Waals surface area contributed by atoms with Gasteiger partial charge < -0.3 is 14.2 Å². The van der Waals surface area contributed by atoms with Crippen LogP contribution in [-0.2, 0) is 15.9 Å². The van der Waals surface area contributed by atoms with Crippen molar-refractivity contribution >= 4 is 0 Å². The second kappa shape index (κ2) is 11.8. The Morgan fingerprint density at radius 3 is 2.38 bits per heavy atom. The maximum Gasteiger partial charge on any atom is 0.169 e. The fraction of sp³-hybridized carbons (Fsp3) is 0.630. The molecule has 0 amide bonds. The second-order valence-corrected chi connectivity index (χ2v) is 9.26. The Morgan fingerprint density at radius 2 is 1.62 bits per heavy atom. The lowest BCUT2D eigenvalue weighted by atomic mass is 9.94. The molecule has 1 aliphatic heterocycles. The van der Waals surface area contributed by atoms with E-state index in [4.69, 9.17) is 14.2 Å². The average molecular weight is 439 g/mol. The Balaban J connectivity index is 1.20. The van der Waals surface area contributed by atoms with Crippen LogP contribution in [0, 0.1) is 0 Å². The Kier molecular flexibility index (Phi) is 8.52. The number of unbranched alkanes of at least 4 members (excludes halogenated alkanes) is 5. The van der Waals surface area contributed by atoms with E-state index in [0.717, 1.165) is 42.0 Å². The number of aryl methyl sites for hydroxylation is 1. The van der Waals surface area contributed by atoms with Crippen LogP contribution in [0.3, 0.4) is 0 Å². The van der Waals surface area contributed by atoms with Gasteiger partial charge in [0.1, 0.15) is 24.3 Å². The van der Waals surface area contributed by atoms with Crippen molar-refractivity contribution < 1.29 is 14.2 Å². The topological polar surface area (TPSA) is 53.5 Å². The highest BCUT2D eigenvalue weighted by Gasteiger charge is 2.42. The molecule has 1 spiro atoms. The zero-order valence-corrected chi connectivity index (χ0v) is 19.6. The van der Waals surface area contributed by atoms with Crippen molar-refractivity contribution in [3.63, 3.8) is 0 Å². The van der Waals surface area contributed by atoms with Crippen LogP contribution in [0.5, 0.6) is 5.75 Å². The van der Waals surface area contributed by atoms with Crippen molar-refractivity contribution in [2.24, 2.45) is 0 Å². The standard InChI is InChI=1S/C27H38N2O3/c1-2-3-4-5-6-8-11-26-28-18-23(19-29-26)22-12-14-24(15-13-22)30-20-25-21-31-27(32-25)16-9-7-10-17-27/h12-15,18-19,25H,2-11,16-17,20-21H2,1H3/t25-/m0/s1. The SMILES string of the molecule is CCCCCCCCc1ncc(-c2ccc(OC[C@H]3COC4(CCCCC4)O3)cc2)cn1. The molecule has 0 N–H and O–H groups in total. The van der Waals surface area contributed by atoms with Gasteiger partial charge in [-0.2, -0.15) is 0 Å². The van der Waals surface area contributed by atoms with Crippen molar-refractivity contribution in [2.75, 3.05) is 13.2 Å². The number of nitrogens with zero attached hydrogens (tertiary/aromatic N) is 2. The van der Waals surface area contributed by atoms with Gasteiger partial charge in [0.05, 0.1) is 6.61 Å². The molecule has 2 aliphatic rings. The number of ether oxygens (including phenoxy) is 3. The van der Waals surface area contributed by atoms with Crippen molar-refractivity contribution in [3.8, 4) is 16.9 Å². The zero-order chi connectivity index (χ0) is 22.1. The smallest absolute Gasteiger partial charge is 0.169 e. The summed E-state index contributed by atoms with van der Waals surface area (Å²) in [6.45, 7) is 3.40. The fourth-order valence-corrected chi connectivity index (χ4v) is 4.68. The molecule has 1 aliphatic carbocycles. The first-order valence-electron chi connectivity index (χ1n) is 12.6. The molecule has 0 bridgehead atoms. The molecular formula is C27H38N2O3. The van der Waals surface area contributed by atoms with Crippen molar-refractivity contribution in [1.82, 2.24) is 9.97 Å². The van der Waals surface area contributed by atoms with Gasteiger partial charge in [-0.15, -0.1) is 0 Å². The monoisotopic (exact) mass is 438 g/mol. The first kappa shape index (κ1) is 23.2. The predicted molar refractivity (Wildman–Crippen MR) is 127 cm³/mol. The zero-order valence-electron chi connectivity index (χ0n) is 19.6. The number of benzene rings is 1. The molecule has 4 rings (SSSR count). The van der Waals surface area contributed by atoms with Gasteiger partial charge in [-0.25, -0.2) is 9.97 Å². The third-order valence-corrected chi connectivity index (χ3v) is 6.61. The predicted octanol–water partition coefficient (Wildman–Crippen LogP) is 6.50. The van der Waals surface area contributed by atoms with Crippen LogP contribution in [0.2, 0.25) is 0 Å². The quantitative estimate of drug-likeness (QED) is 0.375. The van der Waals surface area contributed by atoms with Crippen LogP contribution in [0.4, 0.5) is 0 Å². The highest BCUT2D eigenvalue weighted by atomic mass is 16.7. The molecule has 2 heterocycles. The Bertz CT molecular complexity index is 801. The molecule has 1 saturated carbocycles. The van der Waals surface area contributed by atoms with Gasteiger partial charge >= 0.3 is 0 Å². The molecule has 1 aromatic carbocycles. The summed E-state index contributed by atoms with van der Waals surface area (Å²) >= 11 is 0. The molecule has 1 aromatic heterocycles. The Labute approximate surface area is 192 Å². The van der Waals surface area contributed by atoms with E-state index in [2.05, 4.69) is 29.0 Å². The summed E-state index contributed by atoms with van der Waals surface area (Å²) in [6, 6.07) is 8.14. The maximum absolute atomic E-state index is 6.20. The first-order valence-corrected chi connectivity index (χ1v) is 12.6. The van der Waals surface area contributed by atoms with Crippen LogP contribution >= 0.6 is 0 Å². The minimum Gasteiger partial charge on any atom is -0.491 e. The van der Waals surface area contributed by atoms with Crippen molar-refractivity contribution in [1.29, 1.82) is 0 Å². The lowest BCUT2D eigenvalue weighted by Crippen LogP contribution is -2.34.